The maximum absolute atomic E-state index is 12.8. The number of benzene rings is 1. The van der Waals surface area contributed by atoms with Crippen LogP contribution in [0.4, 0.5) is 0 Å². The number of aromatic nitrogens is 1. The van der Waals surface area contributed by atoms with Gasteiger partial charge in [0.1, 0.15) is 5.76 Å². The predicted molar refractivity (Wildman–Crippen MR) is 103 cm³/mol. The highest BCUT2D eigenvalue weighted by Gasteiger charge is 2.45. The van der Waals surface area contributed by atoms with Crippen LogP contribution in [0, 0.1) is 0 Å². The van der Waals surface area contributed by atoms with Gasteiger partial charge in [-0.15, -0.1) is 0 Å². The molecule has 1 aliphatic heterocycles. The minimum absolute atomic E-state index is 0.0500. The molecule has 6 nitrogen and oxygen atoms in total. The molecule has 0 aliphatic carbocycles. The van der Waals surface area contributed by atoms with Gasteiger partial charge in [-0.2, -0.15) is 0 Å². The Morgan fingerprint density at radius 1 is 1.26 bits per heavy atom. The van der Waals surface area contributed by atoms with Crippen molar-refractivity contribution in [3.8, 4) is 0 Å². The predicted octanol–water partition coefficient (Wildman–Crippen LogP) is 2.72. The summed E-state index contributed by atoms with van der Waals surface area (Å²) in [5, 5.41) is 11.3. The van der Waals surface area contributed by atoms with Crippen LogP contribution in [0.25, 0.3) is 5.76 Å². The van der Waals surface area contributed by atoms with Crippen molar-refractivity contribution in [3.05, 3.63) is 70.5 Å². The van der Waals surface area contributed by atoms with E-state index in [4.69, 9.17) is 11.6 Å². The number of carbonyl (C=O) groups is 2. The third-order valence-electron chi connectivity index (χ3n) is 4.43. The van der Waals surface area contributed by atoms with E-state index in [0.29, 0.717) is 29.2 Å². The molecular formula is C20H20ClN3O3. The zero-order chi connectivity index (χ0) is 19.6. The van der Waals surface area contributed by atoms with Crippen LogP contribution in [0.1, 0.15) is 17.2 Å². The lowest BCUT2D eigenvalue weighted by Gasteiger charge is -2.26. The number of aliphatic hydroxyl groups is 1. The molecular weight excluding hydrogens is 366 g/mol. The Labute approximate surface area is 162 Å². The molecule has 1 atom stereocenters. The lowest BCUT2D eigenvalue weighted by Crippen LogP contribution is -2.35. The highest BCUT2D eigenvalue weighted by atomic mass is 35.5. The van der Waals surface area contributed by atoms with Gasteiger partial charge in [0.15, 0.2) is 0 Å². The second-order valence-corrected chi connectivity index (χ2v) is 7.03. The summed E-state index contributed by atoms with van der Waals surface area (Å²) in [7, 11) is 3.78. The monoisotopic (exact) mass is 385 g/mol. The van der Waals surface area contributed by atoms with Crippen LogP contribution in [0.3, 0.4) is 0 Å². The van der Waals surface area contributed by atoms with E-state index in [1.54, 1.807) is 48.8 Å². The summed E-state index contributed by atoms with van der Waals surface area (Å²) in [5.74, 6) is -1.58. The van der Waals surface area contributed by atoms with Crippen molar-refractivity contribution in [3.63, 3.8) is 0 Å². The van der Waals surface area contributed by atoms with Crippen LogP contribution >= 0.6 is 11.6 Å². The Kier molecular flexibility index (Phi) is 5.58. The number of pyridine rings is 1. The summed E-state index contributed by atoms with van der Waals surface area (Å²) >= 11 is 6.02. The third kappa shape index (κ3) is 3.86. The van der Waals surface area contributed by atoms with Crippen molar-refractivity contribution < 1.29 is 14.7 Å². The molecule has 27 heavy (non-hydrogen) atoms. The smallest absolute Gasteiger partial charge is 0.295 e. The maximum Gasteiger partial charge on any atom is 0.295 e. The molecule has 2 heterocycles. The average Bonchev–Trinajstić information content (AvgIpc) is 2.91. The van der Waals surface area contributed by atoms with Crippen molar-refractivity contribution in [1.29, 1.82) is 0 Å². The number of Topliss-reactive ketones (excluding diaryl/α,β-unsaturated/α-hetero) is 1. The first-order chi connectivity index (χ1) is 12.9. The zero-order valence-corrected chi connectivity index (χ0v) is 15.8. The van der Waals surface area contributed by atoms with Gasteiger partial charge in [0.25, 0.3) is 11.7 Å². The molecule has 1 aliphatic rings. The minimum atomic E-state index is -0.708. The Bertz CT molecular complexity index is 896. The maximum atomic E-state index is 12.8. The molecule has 2 aromatic rings. The van der Waals surface area contributed by atoms with Gasteiger partial charge < -0.3 is 14.9 Å². The highest BCUT2D eigenvalue weighted by Crippen LogP contribution is 2.39. The highest BCUT2D eigenvalue weighted by molar-refractivity contribution is 6.46. The molecule has 0 saturated carbocycles. The molecule has 7 heteroatoms. The Morgan fingerprint density at radius 2 is 2.04 bits per heavy atom. The lowest BCUT2D eigenvalue weighted by molar-refractivity contribution is -0.140. The van der Waals surface area contributed by atoms with E-state index in [0.717, 1.165) is 0 Å². The number of amides is 1. The number of nitrogens with zero attached hydrogens (tertiary/aromatic N) is 3. The SMILES string of the molecule is CN(C)CCN1C(=O)C(=O)/C(=C(\O)c2cccc(Cl)c2)C1c1cccnc1. The Morgan fingerprint density at radius 3 is 2.67 bits per heavy atom. The molecule has 3 rings (SSSR count). The van der Waals surface area contributed by atoms with E-state index in [9.17, 15) is 14.7 Å². The van der Waals surface area contributed by atoms with E-state index in [1.807, 2.05) is 19.0 Å². The number of likely N-dealkylation sites (N-methyl/N-ethyl adjacent to an activating group) is 1. The van der Waals surface area contributed by atoms with Gasteiger partial charge in [-0.3, -0.25) is 14.6 Å². The van der Waals surface area contributed by atoms with Crippen molar-refractivity contribution in [1.82, 2.24) is 14.8 Å². The van der Waals surface area contributed by atoms with Crippen LogP contribution in [0.15, 0.2) is 54.4 Å². The fourth-order valence-corrected chi connectivity index (χ4v) is 3.28. The van der Waals surface area contributed by atoms with E-state index in [1.165, 1.54) is 4.90 Å². The molecule has 0 radical (unpaired) electrons. The van der Waals surface area contributed by atoms with Gasteiger partial charge in [-0.25, -0.2) is 0 Å². The molecule has 1 unspecified atom stereocenters. The molecule has 1 aromatic heterocycles. The van der Waals surface area contributed by atoms with Crippen LogP contribution in [-0.2, 0) is 9.59 Å². The molecule has 1 aromatic carbocycles. The van der Waals surface area contributed by atoms with Crippen LogP contribution in [0.2, 0.25) is 5.02 Å². The van der Waals surface area contributed by atoms with Crippen molar-refractivity contribution in [2.45, 2.75) is 6.04 Å². The standard InChI is InChI=1S/C20H20ClN3O3/c1-23(2)9-10-24-17(14-6-4-8-22-12-14)16(19(26)20(24)27)18(25)13-5-3-7-15(21)11-13/h3-8,11-12,17,25H,9-10H2,1-2H3/b18-16-. The van der Waals surface area contributed by atoms with Crippen LogP contribution in [0.5, 0.6) is 0 Å². The average molecular weight is 386 g/mol. The van der Waals surface area contributed by atoms with Crippen molar-refractivity contribution in [2.24, 2.45) is 0 Å². The summed E-state index contributed by atoms with van der Waals surface area (Å²) in [6, 6.07) is 9.39. The topological polar surface area (TPSA) is 73.7 Å². The number of halogens is 1. The van der Waals surface area contributed by atoms with Gasteiger partial charge in [-0.05, 0) is 37.9 Å². The van der Waals surface area contributed by atoms with Crippen LogP contribution in [-0.4, -0.2) is 58.8 Å². The second kappa shape index (κ2) is 7.90. The molecule has 1 N–H and O–H groups in total. The summed E-state index contributed by atoms with van der Waals surface area (Å²) in [4.78, 5) is 33.0. The molecule has 1 amide bonds. The van der Waals surface area contributed by atoms with Gasteiger partial charge in [0, 0.05) is 36.1 Å². The molecule has 0 bridgehead atoms. The number of carbonyl (C=O) groups excluding carboxylic acids is 2. The number of ketones is 1. The van der Waals surface area contributed by atoms with E-state index in [-0.39, 0.29) is 11.3 Å². The molecule has 140 valence electrons. The largest absolute Gasteiger partial charge is 0.507 e. The first kappa shape index (κ1) is 19.1. The van der Waals surface area contributed by atoms with Crippen LogP contribution < -0.4 is 0 Å². The second-order valence-electron chi connectivity index (χ2n) is 6.59. The minimum Gasteiger partial charge on any atom is -0.507 e. The lowest BCUT2D eigenvalue weighted by atomic mass is 9.96. The van der Waals surface area contributed by atoms with E-state index >= 15 is 0 Å². The fourth-order valence-electron chi connectivity index (χ4n) is 3.09. The summed E-state index contributed by atoms with van der Waals surface area (Å²) in [6.07, 6.45) is 3.22. The van der Waals surface area contributed by atoms with Gasteiger partial charge in [0.2, 0.25) is 0 Å². The Balaban J connectivity index is 2.13. The van der Waals surface area contributed by atoms with E-state index in [2.05, 4.69) is 4.98 Å². The van der Waals surface area contributed by atoms with Gasteiger partial charge in [0.05, 0.1) is 11.6 Å². The summed E-state index contributed by atoms with van der Waals surface area (Å²) < 4.78 is 0. The van der Waals surface area contributed by atoms with Gasteiger partial charge in [-0.1, -0.05) is 29.8 Å². The fraction of sp³-hybridized carbons (Fsp3) is 0.250. The first-order valence-corrected chi connectivity index (χ1v) is 8.87. The normalized spacial score (nSPS) is 19.1. The number of hydrogen-bond donors (Lipinski definition) is 1. The quantitative estimate of drug-likeness (QED) is 0.486. The molecule has 1 saturated heterocycles. The molecule has 1 fully saturated rings. The van der Waals surface area contributed by atoms with Gasteiger partial charge >= 0.3 is 0 Å². The Hall–Kier alpha value is -2.70. The number of rotatable bonds is 5. The summed E-state index contributed by atoms with van der Waals surface area (Å²) in [5.41, 5.74) is 1.11. The summed E-state index contributed by atoms with van der Waals surface area (Å²) in [6.45, 7) is 0.935. The van der Waals surface area contributed by atoms with Crippen molar-refractivity contribution in [2.75, 3.05) is 27.2 Å². The third-order valence-corrected chi connectivity index (χ3v) is 4.66. The number of aliphatic hydroxyl groups excluding tert-OH is 1. The zero-order valence-electron chi connectivity index (χ0n) is 15.1. The number of likely N-dealkylation sites (tertiary alicyclic amines) is 1. The number of hydrogen-bond acceptors (Lipinski definition) is 5. The molecule has 0 spiro atoms. The van der Waals surface area contributed by atoms with Crippen molar-refractivity contribution >= 4 is 29.1 Å². The van der Waals surface area contributed by atoms with E-state index < -0.39 is 17.7 Å². The first-order valence-electron chi connectivity index (χ1n) is 8.49.